The quantitative estimate of drug-likeness (QED) is 0.610. The molecular formula is C11H13N3S. The minimum atomic E-state index is 0.0960. The van der Waals surface area contributed by atoms with E-state index in [4.69, 9.17) is 5.84 Å². The van der Waals surface area contributed by atoms with E-state index in [2.05, 4.69) is 22.5 Å². The molecule has 0 aliphatic carbocycles. The van der Waals surface area contributed by atoms with Crippen molar-refractivity contribution in [3.05, 3.63) is 52.5 Å². The summed E-state index contributed by atoms with van der Waals surface area (Å²) in [5.41, 5.74) is 6.88. The van der Waals surface area contributed by atoms with E-state index < -0.39 is 0 Å². The van der Waals surface area contributed by atoms with Gasteiger partial charge in [-0.2, -0.15) is 0 Å². The molecule has 0 aliphatic rings. The Balaban J connectivity index is 2.10. The van der Waals surface area contributed by atoms with E-state index in [1.165, 1.54) is 5.56 Å². The molecule has 0 saturated heterocycles. The normalized spacial score (nSPS) is 12.6. The SMILES string of the molecule is NNC(Cc1ccccc1)c1cscn1. The summed E-state index contributed by atoms with van der Waals surface area (Å²) in [6.07, 6.45) is 0.862. The molecule has 0 saturated carbocycles. The monoisotopic (exact) mass is 219 g/mol. The molecule has 1 aromatic heterocycles. The van der Waals surface area contributed by atoms with Gasteiger partial charge >= 0.3 is 0 Å². The molecule has 0 fully saturated rings. The van der Waals surface area contributed by atoms with Crippen LogP contribution in [-0.4, -0.2) is 4.98 Å². The highest BCUT2D eigenvalue weighted by molar-refractivity contribution is 7.07. The second kappa shape index (κ2) is 5.02. The van der Waals surface area contributed by atoms with Crippen LogP contribution in [0, 0.1) is 0 Å². The van der Waals surface area contributed by atoms with Crippen LogP contribution in [0.1, 0.15) is 17.3 Å². The smallest absolute Gasteiger partial charge is 0.0795 e. The average Bonchev–Trinajstić information content (AvgIpc) is 2.81. The largest absolute Gasteiger partial charge is 0.271 e. The molecule has 3 nitrogen and oxygen atoms in total. The van der Waals surface area contributed by atoms with Crippen molar-refractivity contribution in [2.75, 3.05) is 0 Å². The van der Waals surface area contributed by atoms with Crippen LogP contribution in [0.2, 0.25) is 0 Å². The van der Waals surface area contributed by atoms with Gasteiger partial charge < -0.3 is 0 Å². The summed E-state index contributed by atoms with van der Waals surface area (Å²) in [7, 11) is 0. The van der Waals surface area contributed by atoms with Crippen LogP contribution in [0.25, 0.3) is 0 Å². The molecule has 1 aromatic carbocycles. The summed E-state index contributed by atoms with van der Waals surface area (Å²) in [5, 5.41) is 2.02. The number of thiazole rings is 1. The number of nitrogens with zero attached hydrogens (tertiary/aromatic N) is 1. The second-order valence-corrected chi connectivity index (χ2v) is 4.04. The van der Waals surface area contributed by atoms with Crippen LogP contribution >= 0.6 is 11.3 Å². The molecule has 0 bridgehead atoms. The first-order valence-corrected chi connectivity index (χ1v) is 5.72. The van der Waals surface area contributed by atoms with Crippen LogP contribution in [-0.2, 0) is 6.42 Å². The molecule has 3 N–H and O–H groups in total. The molecule has 0 amide bonds. The van der Waals surface area contributed by atoms with E-state index in [0.29, 0.717) is 0 Å². The Labute approximate surface area is 92.9 Å². The minimum absolute atomic E-state index is 0.0960. The molecule has 4 heteroatoms. The summed E-state index contributed by atoms with van der Waals surface area (Å²) in [6, 6.07) is 10.4. The Morgan fingerprint density at radius 3 is 2.73 bits per heavy atom. The van der Waals surface area contributed by atoms with Gasteiger partial charge in [0.2, 0.25) is 0 Å². The molecule has 1 heterocycles. The maximum absolute atomic E-state index is 5.53. The third-order valence-corrected chi connectivity index (χ3v) is 2.90. The van der Waals surface area contributed by atoms with Crippen molar-refractivity contribution in [2.45, 2.75) is 12.5 Å². The predicted octanol–water partition coefficient (Wildman–Crippen LogP) is 1.89. The van der Waals surface area contributed by atoms with Crippen molar-refractivity contribution < 1.29 is 0 Å². The lowest BCUT2D eigenvalue weighted by Gasteiger charge is -2.13. The second-order valence-electron chi connectivity index (χ2n) is 3.32. The third-order valence-electron chi connectivity index (χ3n) is 2.29. The fraction of sp³-hybridized carbons (Fsp3) is 0.182. The van der Waals surface area contributed by atoms with E-state index in [0.717, 1.165) is 12.1 Å². The van der Waals surface area contributed by atoms with Crippen LogP contribution in [0.5, 0.6) is 0 Å². The van der Waals surface area contributed by atoms with Gasteiger partial charge in [0.15, 0.2) is 0 Å². The van der Waals surface area contributed by atoms with Gasteiger partial charge in [-0.05, 0) is 12.0 Å². The molecule has 2 rings (SSSR count). The number of hydrogen-bond donors (Lipinski definition) is 2. The van der Waals surface area contributed by atoms with E-state index in [-0.39, 0.29) is 6.04 Å². The predicted molar refractivity (Wildman–Crippen MR) is 62.3 cm³/mol. The highest BCUT2D eigenvalue weighted by atomic mass is 32.1. The third kappa shape index (κ3) is 2.62. The number of nitrogens with two attached hydrogens (primary N) is 1. The maximum atomic E-state index is 5.53. The Kier molecular flexibility index (Phi) is 3.45. The van der Waals surface area contributed by atoms with Gasteiger partial charge in [0.1, 0.15) is 0 Å². The fourth-order valence-electron chi connectivity index (χ4n) is 1.49. The molecule has 2 aromatic rings. The highest BCUT2D eigenvalue weighted by Gasteiger charge is 2.11. The van der Waals surface area contributed by atoms with Crippen molar-refractivity contribution in [3.63, 3.8) is 0 Å². The molecule has 1 unspecified atom stereocenters. The molecule has 1 atom stereocenters. The van der Waals surface area contributed by atoms with Crippen molar-refractivity contribution in [3.8, 4) is 0 Å². The average molecular weight is 219 g/mol. The lowest BCUT2D eigenvalue weighted by atomic mass is 10.0. The number of aromatic nitrogens is 1. The van der Waals surface area contributed by atoms with Gasteiger partial charge in [0, 0.05) is 5.38 Å². The maximum Gasteiger partial charge on any atom is 0.0795 e. The van der Waals surface area contributed by atoms with Crippen LogP contribution < -0.4 is 11.3 Å². The zero-order chi connectivity index (χ0) is 10.5. The number of hydrazine groups is 1. The van der Waals surface area contributed by atoms with E-state index in [9.17, 15) is 0 Å². The molecule has 0 aliphatic heterocycles. The Morgan fingerprint density at radius 1 is 1.33 bits per heavy atom. The van der Waals surface area contributed by atoms with Crippen molar-refractivity contribution in [1.29, 1.82) is 0 Å². The number of nitrogens with one attached hydrogen (secondary N) is 1. The van der Waals surface area contributed by atoms with Crippen LogP contribution in [0.4, 0.5) is 0 Å². The molecule has 0 spiro atoms. The van der Waals surface area contributed by atoms with Crippen molar-refractivity contribution in [1.82, 2.24) is 10.4 Å². The lowest BCUT2D eigenvalue weighted by molar-refractivity contribution is 0.541. The van der Waals surface area contributed by atoms with E-state index in [1.54, 1.807) is 11.3 Å². The summed E-state index contributed by atoms with van der Waals surface area (Å²) in [6.45, 7) is 0. The standard InChI is InChI=1S/C11H13N3S/c12-14-10(11-7-15-8-13-11)6-9-4-2-1-3-5-9/h1-5,7-8,10,14H,6,12H2. The van der Waals surface area contributed by atoms with Gasteiger partial charge in [0.05, 0.1) is 17.2 Å². The summed E-state index contributed by atoms with van der Waals surface area (Å²) in [5.74, 6) is 5.53. The fourth-order valence-corrected chi connectivity index (χ4v) is 2.10. The Hall–Kier alpha value is -1.23. The van der Waals surface area contributed by atoms with E-state index in [1.807, 2.05) is 29.1 Å². The van der Waals surface area contributed by atoms with Gasteiger partial charge in [-0.3, -0.25) is 11.3 Å². The first-order chi connectivity index (χ1) is 7.40. The number of hydrogen-bond acceptors (Lipinski definition) is 4. The van der Waals surface area contributed by atoms with Crippen LogP contribution in [0.3, 0.4) is 0 Å². The molecule has 0 radical (unpaired) electrons. The number of rotatable bonds is 4. The van der Waals surface area contributed by atoms with Crippen molar-refractivity contribution in [2.24, 2.45) is 5.84 Å². The Morgan fingerprint density at radius 2 is 2.13 bits per heavy atom. The van der Waals surface area contributed by atoms with Gasteiger partial charge in [-0.1, -0.05) is 30.3 Å². The van der Waals surface area contributed by atoms with Gasteiger partial charge in [0.25, 0.3) is 0 Å². The van der Waals surface area contributed by atoms with Crippen molar-refractivity contribution >= 4 is 11.3 Å². The first kappa shape index (κ1) is 10.3. The highest BCUT2D eigenvalue weighted by Crippen LogP contribution is 2.17. The Bertz CT molecular complexity index is 385. The van der Waals surface area contributed by atoms with E-state index >= 15 is 0 Å². The van der Waals surface area contributed by atoms with Gasteiger partial charge in [-0.15, -0.1) is 11.3 Å². The van der Waals surface area contributed by atoms with Gasteiger partial charge in [-0.25, -0.2) is 4.98 Å². The first-order valence-electron chi connectivity index (χ1n) is 4.78. The minimum Gasteiger partial charge on any atom is -0.271 e. The molecule has 15 heavy (non-hydrogen) atoms. The zero-order valence-electron chi connectivity index (χ0n) is 8.26. The topological polar surface area (TPSA) is 50.9 Å². The summed E-state index contributed by atoms with van der Waals surface area (Å²) >= 11 is 1.59. The summed E-state index contributed by atoms with van der Waals surface area (Å²) in [4.78, 5) is 4.26. The molecular weight excluding hydrogens is 206 g/mol. The lowest BCUT2D eigenvalue weighted by Crippen LogP contribution is -2.29. The number of benzene rings is 1. The molecule has 78 valence electrons. The van der Waals surface area contributed by atoms with Crippen LogP contribution in [0.15, 0.2) is 41.2 Å². The zero-order valence-corrected chi connectivity index (χ0v) is 9.08. The summed E-state index contributed by atoms with van der Waals surface area (Å²) < 4.78 is 0.